The highest BCUT2D eigenvalue weighted by atomic mass is 16.6. The molecular weight excluding hydrogens is 140 g/mol. The topological polar surface area (TPSA) is 26.3 Å². The number of hydrogen-bond donors (Lipinski definition) is 0. The van der Waals surface area contributed by atoms with Crippen molar-refractivity contribution in [3.63, 3.8) is 0 Å². The van der Waals surface area contributed by atoms with Gasteiger partial charge in [0, 0.05) is 10.8 Å². The van der Waals surface area contributed by atoms with Crippen molar-refractivity contribution in [2.45, 2.75) is 25.9 Å². The summed E-state index contributed by atoms with van der Waals surface area (Å²) in [6, 6.07) is 0. The molecule has 4 fully saturated rings. The van der Waals surface area contributed by atoms with Crippen LogP contribution in [0.25, 0.3) is 0 Å². The van der Waals surface area contributed by atoms with Crippen LogP contribution in [0.2, 0.25) is 0 Å². The Morgan fingerprint density at radius 2 is 2.45 bits per heavy atom. The van der Waals surface area contributed by atoms with Gasteiger partial charge in [-0.05, 0) is 18.8 Å². The standard InChI is InChI=1S/C9H10O2/c1-8-5-2-4-3-9(4,8)7(8)11-6(5)10/h4-5,7H,2-3H2,1H3. The van der Waals surface area contributed by atoms with Gasteiger partial charge in [-0.3, -0.25) is 4.79 Å². The number of hydrogen-bond acceptors (Lipinski definition) is 2. The predicted octanol–water partition coefficient (Wildman–Crippen LogP) is 0.958. The van der Waals surface area contributed by atoms with Crippen LogP contribution in [-0.2, 0) is 9.53 Å². The third kappa shape index (κ3) is 0.256. The lowest BCUT2D eigenvalue weighted by Gasteiger charge is -2.09. The van der Waals surface area contributed by atoms with Crippen LogP contribution >= 0.6 is 0 Å². The zero-order chi connectivity index (χ0) is 7.43. The van der Waals surface area contributed by atoms with Crippen molar-refractivity contribution in [1.29, 1.82) is 0 Å². The van der Waals surface area contributed by atoms with Crippen LogP contribution in [0.5, 0.6) is 0 Å². The lowest BCUT2D eigenvalue weighted by Crippen LogP contribution is -2.17. The van der Waals surface area contributed by atoms with Gasteiger partial charge in [-0.15, -0.1) is 0 Å². The van der Waals surface area contributed by atoms with E-state index in [1.807, 2.05) is 0 Å². The van der Waals surface area contributed by atoms with Crippen LogP contribution in [0.15, 0.2) is 0 Å². The van der Waals surface area contributed by atoms with E-state index in [9.17, 15) is 4.79 Å². The second kappa shape index (κ2) is 0.970. The van der Waals surface area contributed by atoms with E-state index in [0.29, 0.717) is 16.9 Å². The normalized spacial score (nSPS) is 73.9. The Bertz CT molecular complexity index is 298. The van der Waals surface area contributed by atoms with E-state index in [1.54, 1.807) is 0 Å². The Labute approximate surface area is 64.9 Å². The molecule has 0 aromatic rings. The molecule has 4 rings (SSSR count). The fourth-order valence-corrected chi connectivity index (χ4v) is 4.13. The minimum Gasteiger partial charge on any atom is -0.461 e. The van der Waals surface area contributed by atoms with Crippen LogP contribution in [-0.4, -0.2) is 12.1 Å². The molecule has 1 spiro atoms. The molecule has 1 aliphatic heterocycles. The molecule has 1 heterocycles. The number of ether oxygens (including phenoxy) is 1. The van der Waals surface area contributed by atoms with Gasteiger partial charge in [0.1, 0.15) is 6.10 Å². The molecule has 11 heavy (non-hydrogen) atoms. The fraction of sp³-hybridized carbons (Fsp3) is 0.889. The molecule has 0 aromatic carbocycles. The summed E-state index contributed by atoms with van der Waals surface area (Å²) in [5.41, 5.74) is 0.820. The molecule has 0 amide bonds. The van der Waals surface area contributed by atoms with Crippen molar-refractivity contribution < 1.29 is 9.53 Å². The molecule has 0 radical (unpaired) electrons. The van der Waals surface area contributed by atoms with Gasteiger partial charge in [-0.2, -0.15) is 0 Å². The highest BCUT2D eigenvalue weighted by molar-refractivity contribution is 5.82. The molecule has 58 valence electrons. The Morgan fingerprint density at radius 1 is 1.64 bits per heavy atom. The van der Waals surface area contributed by atoms with E-state index in [0.717, 1.165) is 12.3 Å². The summed E-state index contributed by atoms with van der Waals surface area (Å²) in [6.07, 6.45) is 2.82. The third-order valence-electron chi connectivity index (χ3n) is 4.85. The van der Waals surface area contributed by atoms with Gasteiger partial charge in [0.15, 0.2) is 0 Å². The highest BCUT2D eigenvalue weighted by Gasteiger charge is 2.96. The van der Waals surface area contributed by atoms with Crippen molar-refractivity contribution in [2.75, 3.05) is 0 Å². The molecule has 4 aliphatic rings. The molecule has 1 saturated heterocycles. The first kappa shape index (κ1) is 5.18. The highest BCUT2D eigenvalue weighted by Crippen LogP contribution is 2.93. The molecular formula is C9H10O2. The maximum absolute atomic E-state index is 11.2. The van der Waals surface area contributed by atoms with Crippen LogP contribution < -0.4 is 0 Å². The lowest BCUT2D eigenvalue weighted by molar-refractivity contribution is -0.145. The average molecular weight is 150 g/mol. The third-order valence-corrected chi connectivity index (χ3v) is 4.85. The van der Waals surface area contributed by atoms with Gasteiger partial charge in [-0.25, -0.2) is 0 Å². The van der Waals surface area contributed by atoms with Gasteiger partial charge in [0.25, 0.3) is 0 Å². The predicted molar refractivity (Wildman–Crippen MR) is 36.6 cm³/mol. The van der Waals surface area contributed by atoms with Gasteiger partial charge in [0.05, 0.1) is 5.92 Å². The Morgan fingerprint density at radius 3 is 3.09 bits per heavy atom. The summed E-state index contributed by atoms with van der Waals surface area (Å²) in [4.78, 5) is 11.2. The van der Waals surface area contributed by atoms with Crippen LogP contribution in [0.4, 0.5) is 0 Å². The Balaban J connectivity index is 1.97. The second-order valence-corrected chi connectivity index (χ2v) is 4.83. The molecule has 3 saturated carbocycles. The monoisotopic (exact) mass is 150 g/mol. The van der Waals surface area contributed by atoms with Gasteiger partial charge in [0.2, 0.25) is 0 Å². The van der Waals surface area contributed by atoms with Crippen molar-refractivity contribution in [3.8, 4) is 0 Å². The Hall–Kier alpha value is -0.530. The maximum Gasteiger partial charge on any atom is 0.309 e. The summed E-state index contributed by atoms with van der Waals surface area (Å²) in [7, 11) is 0. The molecule has 3 aliphatic carbocycles. The Kier molecular flexibility index (Phi) is 0.456. The van der Waals surface area contributed by atoms with Crippen molar-refractivity contribution >= 4 is 5.97 Å². The van der Waals surface area contributed by atoms with Gasteiger partial charge in [-0.1, -0.05) is 6.92 Å². The first-order chi connectivity index (χ1) is 5.21. The molecule has 0 bridgehead atoms. The molecule has 5 atom stereocenters. The maximum atomic E-state index is 11.2. The first-order valence-electron chi connectivity index (χ1n) is 4.42. The number of carbonyl (C=O) groups is 1. The second-order valence-electron chi connectivity index (χ2n) is 4.83. The summed E-state index contributed by atoms with van der Waals surface area (Å²) in [5.74, 6) is 1.23. The van der Waals surface area contributed by atoms with E-state index < -0.39 is 0 Å². The molecule has 0 aromatic heterocycles. The summed E-state index contributed by atoms with van der Waals surface area (Å²) >= 11 is 0. The zero-order valence-corrected chi connectivity index (χ0v) is 6.46. The van der Waals surface area contributed by atoms with Crippen molar-refractivity contribution in [3.05, 3.63) is 0 Å². The molecule has 5 unspecified atom stereocenters. The molecule has 0 N–H and O–H groups in total. The number of carbonyl (C=O) groups excluding carboxylic acids is 1. The minimum atomic E-state index is 0.0929. The number of esters is 1. The minimum absolute atomic E-state index is 0.0929. The smallest absolute Gasteiger partial charge is 0.309 e. The molecule has 2 heteroatoms. The van der Waals surface area contributed by atoms with Crippen LogP contribution in [0.1, 0.15) is 19.8 Å². The largest absolute Gasteiger partial charge is 0.461 e. The quantitative estimate of drug-likeness (QED) is 0.481. The first-order valence-corrected chi connectivity index (χ1v) is 4.42. The van der Waals surface area contributed by atoms with E-state index >= 15 is 0 Å². The fourth-order valence-electron chi connectivity index (χ4n) is 4.13. The van der Waals surface area contributed by atoms with Crippen molar-refractivity contribution in [2.24, 2.45) is 22.7 Å². The average Bonchev–Trinajstić information content (AvgIpc) is 2.71. The summed E-state index contributed by atoms with van der Waals surface area (Å²) in [6.45, 7) is 2.25. The molecule has 2 nitrogen and oxygen atoms in total. The summed E-state index contributed by atoms with van der Waals surface area (Å²) < 4.78 is 5.33. The van der Waals surface area contributed by atoms with Crippen molar-refractivity contribution in [1.82, 2.24) is 0 Å². The van der Waals surface area contributed by atoms with Crippen LogP contribution in [0.3, 0.4) is 0 Å². The number of rotatable bonds is 0. The van der Waals surface area contributed by atoms with E-state index in [-0.39, 0.29) is 11.9 Å². The zero-order valence-electron chi connectivity index (χ0n) is 6.46. The van der Waals surface area contributed by atoms with Crippen LogP contribution in [0, 0.1) is 22.7 Å². The lowest BCUT2D eigenvalue weighted by atomic mass is 9.90. The SMILES string of the molecule is CC12C3CC4CC41C2OC3=O. The van der Waals surface area contributed by atoms with Gasteiger partial charge >= 0.3 is 5.97 Å². The van der Waals surface area contributed by atoms with E-state index in [1.165, 1.54) is 6.42 Å². The van der Waals surface area contributed by atoms with E-state index in [2.05, 4.69) is 6.92 Å². The van der Waals surface area contributed by atoms with E-state index in [4.69, 9.17) is 4.74 Å². The van der Waals surface area contributed by atoms with Gasteiger partial charge < -0.3 is 4.74 Å². The summed E-state index contributed by atoms with van der Waals surface area (Å²) in [5, 5.41) is 0.